The van der Waals surface area contributed by atoms with Crippen LogP contribution in [0.5, 0.6) is 0 Å². The number of hydrogen-bond donors (Lipinski definition) is 1. The molecule has 4 amide bonds. The molecule has 0 aliphatic carbocycles. The van der Waals surface area contributed by atoms with Gasteiger partial charge in [0.05, 0.1) is 0 Å². The van der Waals surface area contributed by atoms with Gasteiger partial charge in [-0.3, -0.25) is 29.4 Å². The third kappa shape index (κ3) is 2.26. The van der Waals surface area contributed by atoms with Crippen LogP contribution in [0.1, 0.15) is 46.0 Å². The lowest BCUT2D eigenvalue weighted by molar-refractivity contribution is -0.136. The molecule has 1 saturated heterocycles. The van der Waals surface area contributed by atoms with Crippen LogP contribution < -0.4 is 5.32 Å². The number of carbonyl (C=O) groups excluding carboxylic acids is 4. The first-order chi connectivity index (χ1) is 12.4. The van der Waals surface area contributed by atoms with E-state index in [0.717, 1.165) is 21.4 Å². The number of piperidine rings is 1. The zero-order valence-electron chi connectivity index (χ0n) is 14.2. The zero-order valence-corrected chi connectivity index (χ0v) is 14.2. The number of rotatable bonds is 2. The Morgan fingerprint density at radius 1 is 1.12 bits per heavy atom. The van der Waals surface area contributed by atoms with Gasteiger partial charge in [-0.25, -0.2) is 0 Å². The molecule has 1 N–H and O–H groups in total. The molecule has 6 heteroatoms. The minimum Gasteiger partial charge on any atom is -0.295 e. The van der Waals surface area contributed by atoms with Crippen molar-refractivity contribution in [3.8, 4) is 0 Å². The van der Waals surface area contributed by atoms with Crippen LogP contribution >= 0.6 is 0 Å². The number of benzene rings is 2. The fraction of sp³-hybridized carbons (Fsp3) is 0.200. The lowest BCUT2D eigenvalue weighted by Gasteiger charge is -2.34. The van der Waals surface area contributed by atoms with E-state index in [2.05, 4.69) is 11.9 Å². The first kappa shape index (κ1) is 16.2. The molecule has 2 heterocycles. The van der Waals surface area contributed by atoms with Gasteiger partial charge in [0.15, 0.2) is 0 Å². The van der Waals surface area contributed by atoms with Crippen molar-refractivity contribution >= 4 is 40.0 Å². The van der Waals surface area contributed by atoms with Gasteiger partial charge < -0.3 is 0 Å². The van der Waals surface area contributed by atoms with E-state index < -0.39 is 29.7 Å². The van der Waals surface area contributed by atoms with Crippen molar-refractivity contribution in [1.82, 2.24) is 10.2 Å². The summed E-state index contributed by atoms with van der Waals surface area (Å²) in [4.78, 5) is 50.7. The molecule has 0 bridgehead atoms. The average Bonchev–Trinajstić information content (AvgIpc) is 2.60. The van der Waals surface area contributed by atoms with Crippen molar-refractivity contribution in [3.05, 3.63) is 53.6 Å². The Morgan fingerprint density at radius 3 is 2.54 bits per heavy atom. The number of nitrogens with zero attached hydrogens (tertiary/aromatic N) is 1. The monoisotopic (exact) mass is 348 g/mol. The molecule has 130 valence electrons. The van der Waals surface area contributed by atoms with E-state index in [1.165, 1.54) is 0 Å². The van der Waals surface area contributed by atoms with Gasteiger partial charge in [-0.15, -0.1) is 0 Å². The summed E-state index contributed by atoms with van der Waals surface area (Å²) in [6.07, 6.45) is 0.226. The number of amides is 4. The molecule has 26 heavy (non-hydrogen) atoms. The molecule has 2 aliphatic heterocycles. The summed E-state index contributed by atoms with van der Waals surface area (Å²) >= 11 is 0. The van der Waals surface area contributed by atoms with Crippen LogP contribution in [0.15, 0.2) is 36.9 Å². The van der Waals surface area contributed by atoms with Gasteiger partial charge in [0, 0.05) is 22.9 Å². The predicted molar refractivity (Wildman–Crippen MR) is 95.3 cm³/mol. The molecule has 1 fully saturated rings. The number of carbonyl (C=O) groups is 4. The van der Waals surface area contributed by atoms with E-state index in [4.69, 9.17) is 0 Å². The summed E-state index contributed by atoms with van der Waals surface area (Å²) in [6, 6.07) is 7.87. The lowest BCUT2D eigenvalue weighted by atomic mass is 9.89. The van der Waals surface area contributed by atoms with Crippen LogP contribution in [-0.4, -0.2) is 34.6 Å². The normalized spacial score (nSPS) is 19.7. The Morgan fingerprint density at radius 2 is 1.85 bits per heavy atom. The van der Waals surface area contributed by atoms with Gasteiger partial charge in [-0.1, -0.05) is 24.3 Å². The summed E-state index contributed by atoms with van der Waals surface area (Å²) in [5, 5.41) is 3.58. The molecule has 0 aromatic heterocycles. The molecule has 2 aromatic rings. The van der Waals surface area contributed by atoms with Gasteiger partial charge in [0.25, 0.3) is 11.8 Å². The van der Waals surface area contributed by atoms with Crippen molar-refractivity contribution in [1.29, 1.82) is 0 Å². The van der Waals surface area contributed by atoms with Crippen LogP contribution in [0.25, 0.3) is 16.3 Å². The highest BCUT2D eigenvalue weighted by Crippen LogP contribution is 2.34. The highest BCUT2D eigenvalue weighted by molar-refractivity contribution is 6.27. The molecule has 2 aliphatic rings. The topological polar surface area (TPSA) is 83.6 Å². The maximum atomic E-state index is 13.1. The Balaban J connectivity index is 1.91. The summed E-state index contributed by atoms with van der Waals surface area (Å²) in [6.45, 7) is 5.77. The van der Waals surface area contributed by atoms with E-state index in [0.29, 0.717) is 16.5 Å². The first-order valence-electron chi connectivity index (χ1n) is 8.32. The van der Waals surface area contributed by atoms with Crippen molar-refractivity contribution in [3.63, 3.8) is 0 Å². The molecule has 4 rings (SSSR count). The van der Waals surface area contributed by atoms with Gasteiger partial charge in [-0.05, 0) is 42.5 Å². The predicted octanol–water partition coefficient (Wildman–Crippen LogP) is 2.27. The van der Waals surface area contributed by atoms with Gasteiger partial charge in [0.2, 0.25) is 11.8 Å². The molecule has 2 aromatic carbocycles. The third-order valence-electron chi connectivity index (χ3n) is 4.89. The van der Waals surface area contributed by atoms with Crippen molar-refractivity contribution in [2.45, 2.75) is 25.8 Å². The molecule has 0 radical (unpaired) electrons. The van der Waals surface area contributed by atoms with Crippen molar-refractivity contribution in [2.75, 3.05) is 0 Å². The van der Waals surface area contributed by atoms with Gasteiger partial charge >= 0.3 is 0 Å². The fourth-order valence-corrected chi connectivity index (χ4v) is 3.58. The van der Waals surface area contributed by atoms with Crippen molar-refractivity contribution < 1.29 is 19.2 Å². The first-order valence-corrected chi connectivity index (χ1v) is 8.32. The van der Waals surface area contributed by atoms with Crippen LogP contribution in [0.3, 0.4) is 0 Å². The van der Waals surface area contributed by atoms with E-state index in [-0.39, 0.29) is 12.8 Å². The number of imide groups is 2. The SMILES string of the molecule is C=C(C)c1cc2c3c(cccc3c1)C(=O)N(C1CCC(=O)NC1=O)C2=O. The Bertz CT molecular complexity index is 1040. The second-order valence-corrected chi connectivity index (χ2v) is 6.66. The number of hydrogen-bond acceptors (Lipinski definition) is 4. The average molecular weight is 348 g/mol. The van der Waals surface area contributed by atoms with Crippen LogP contribution in [0.4, 0.5) is 0 Å². The van der Waals surface area contributed by atoms with Crippen molar-refractivity contribution in [2.24, 2.45) is 0 Å². The Labute approximate surface area is 149 Å². The van der Waals surface area contributed by atoms with E-state index in [1.54, 1.807) is 18.2 Å². The molecule has 0 spiro atoms. The number of allylic oxidation sites excluding steroid dienone is 1. The largest absolute Gasteiger partial charge is 0.295 e. The minimum absolute atomic E-state index is 0.0936. The summed E-state index contributed by atoms with van der Waals surface area (Å²) in [7, 11) is 0. The molecular weight excluding hydrogens is 332 g/mol. The smallest absolute Gasteiger partial charge is 0.262 e. The number of nitrogens with one attached hydrogen (secondary N) is 1. The minimum atomic E-state index is -0.982. The summed E-state index contributed by atoms with van der Waals surface area (Å²) in [5.74, 6) is -2.04. The van der Waals surface area contributed by atoms with Crippen LogP contribution in [0, 0.1) is 0 Å². The summed E-state index contributed by atoms with van der Waals surface area (Å²) < 4.78 is 0. The van der Waals surface area contributed by atoms with E-state index >= 15 is 0 Å². The molecule has 1 unspecified atom stereocenters. The second kappa shape index (κ2) is 5.62. The highest BCUT2D eigenvalue weighted by atomic mass is 16.2. The molecule has 1 atom stereocenters. The fourth-order valence-electron chi connectivity index (χ4n) is 3.58. The quantitative estimate of drug-likeness (QED) is 0.844. The maximum absolute atomic E-state index is 13.1. The standard InChI is InChI=1S/C20H16N2O4/c1-10(2)12-8-11-4-3-5-13-17(11)14(9-12)20(26)22(19(13)25)15-6-7-16(23)21-18(15)24/h3-5,8-9,15H,1,6-7H2,2H3,(H,21,23,24). The molecular formula is C20H16N2O4. The van der Waals surface area contributed by atoms with Gasteiger partial charge in [0.1, 0.15) is 6.04 Å². The van der Waals surface area contributed by atoms with Crippen LogP contribution in [-0.2, 0) is 9.59 Å². The maximum Gasteiger partial charge on any atom is 0.262 e. The van der Waals surface area contributed by atoms with E-state index in [1.807, 2.05) is 19.1 Å². The summed E-state index contributed by atoms with van der Waals surface area (Å²) in [5.41, 5.74) is 2.36. The molecule has 0 saturated carbocycles. The van der Waals surface area contributed by atoms with E-state index in [9.17, 15) is 19.2 Å². The second-order valence-electron chi connectivity index (χ2n) is 6.66. The Kier molecular flexibility index (Phi) is 3.50. The highest BCUT2D eigenvalue weighted by Gasteiger charge is 2.42. The van der Waals surface area contributed by atoms with Gasteiger partial charge in [-0.2, -0.15) is 0 Å². The lowest BCUT2D eigenvalue weighted by Crippen LogP contribution is -2.57. The molecule has 6 nitrogen and oxygen atoms in total. The van der Waals surface area contributed by atoms with Crippen LogP contribution in [0.2, 0.25) is 0 Å². The third-order valence-corrected chi connectivity index (χ3v) is 4.89. The zero-order chi connectivity index (χ0) is 18.6. The Hall–Kier alpha value is -3.28.